The highest BCUT2D eigenvalue weighted by molar-refractivity contribution is 5.84. The Kier molecular flexibility index (Phi) is 3.88. The molecule has 0 spiro atoms. The Morgan fingerprint density at radius 1 is 1.50 bits per heavy atom. The standard InChI is InChI=1S/C10H19N3O3/c1-2-7(8(11)14)13-5-3-4-10(16,6-13)9(12)15/h7,16H,2-6H2,1H3,(H2,11,14)(H2,12,15). The van der Waals surface area contributed by atoms with Crippen molar-refractivity contribution in [3.63, 3.8) is 0 Å². The first-order valence-electron chi connectivity index (χ1n) is 5.46. The van der Waals surface area contributed by atoms with Crippen LogP contribution in [0.15, 0.2) is 0 Å². The quantitative estimate of drug-likeness (QED) is 0.548. The second kappa shape index (κ2) is 4.80. The smallest absolute Gasteiger partial charge is 0.250 e. The first-order chi connectivity index (χ1) is 7.40. The van der Waals surface area contributed by atoms with Crippen molar-refractivity contribution in [3.05, 3.63) is 0 Å². The van der Waals surface area contributed by atoms with Gasteiger partial charge in [0.05, 0.1) is 6.04 Å². The van der Waals surface area contributed by atoms with Gasteiger partial charge in [0.25, 0.3) is 5.91 Å². The van der Waals surface area contributed by atoms with Crippen molar-refractivity contribution >= 4 is 11.8 Å². The Hall–Kier alpha value is -1.14. The topological polar surface area (TPSA) is 110 Å². The molecule has 1 aliphatic heterocycles. The molecule has 0 radical (unpaired) electrons. The van der Waals surface area contributed by atoms with Crippen molar-refractivity contribution < 1.29 is 14.7 Å². The summed E-state index contributed by atoms with van der Waals surface area (Å²) >= 11 is 0. The molecule has 1 heterocycles. The minimum absolute atomic E-state index is 0.0871. The lowest BCUT2D eigenvalue weighted by Gasteiger charge is -2.39. The number of primary amides is 2. The highest BCUT2D eigenvalue weighted by Crippen LogP contribution is 2.23. The first-order valence-corrected chi connectivity index (χ1v) is 5.46. The van der Waals surface area contributed by atoms with Crippen LogP contribution in [0, 0.1) is 0 Å². The van der Waals surface area contributed by atoms with Crippen molar-refractivity contribution in [1.82, 2.24) is 4.90 Å². The van der Waals surface area contributed by atoms with Gasteiger partial charge in [0.1, 0.15) is 0 Å². The predicted molar refractivity (Wildman–Crippen MR) is 58.2 cm³/mol. The fourth-order valence-corrected chi connectivity index (χ4v) is 2.18. The number of hydrogen-bond acceptors (Lipinski definition) is 4. The van der Waals surface area contributed by atoms with Crippen LogP contribution in [-0.4, -0.2) is 46.6 Å². The van der Waals surface area contributed by atoms with E-state index in [1.807, 2.05) is 6.92 Å². The van der Waals surface area contributed by atoms with Crippen LogP contribution < -0.4 is 11.5 Å². The van der Waals surface area contributed by atoms with Gasteiger partial charge in [-0.25, -0.2) is 0 Å². The maximum absolute atomic E-state index is 11.2. The molecule has 2 unspecified atom stereocenters. The van der Waals surface area contributed by atoms with E-state index >= 15 is 0 Å². The largest absolute Gasteiger partial charge is 0.379 e. The monoisotopic (exact) mass is 229 g/mol. The van der Waals surface area contributed by atoms with E-state index in [0.29, 0.717) is 25.8 Å². The van der Waals surface area contributed by atoms with Crippen LogP contribution in [-0.2, 0) is 9.59 Å². The highest BCUT2D eigenvalue weighted by Gasteiger charge is 2.41. The molecule has 2 amide bonds. The molecule has 1 fully saturated rings. The van der Waals surface area contributed by atoms with Crippen molar-refractivity contribution in [2.75, 3.05) is 13.1 Å². The molecular formula is C10H19N3O3. The average Bonchev–Trinajstić information content (AvgIpc) is 2.18. The maximum atomic E-state index is 11.2. The summed E-state index contributed by atoms with van der Waals surface area (Å²) < 4.78 is 0. The average molecular weight is 229 g/mol. The van der Waals surface area contributed by atoms with Crippen molar-refractivity contribution in [1.29, 1.82) is 0 Å². The van der Waals surface area contributed by atoms with Crippen LogP contribution in [0.3, 0.4) is 0 Å². The molecule has 1 saturated heterocycles. The van der Waals surface area contributed by atoms with Crippen LogP contribution in [0.25, 0.3) is 0 Å². The van der Waals surface area contributed by atoms with E-state index in [0.717, 1.165) is 0 Å². The fraction of sp³-hybridized carbons (Fsp3) is 0.800. The molecule has 6 heteroatoms. The molecule has 1 aliphatic rings. The van der Waals surface area contributed by atoms with E-state index < -0.39 is 23.5 Å². The minimum atomic E-state index is -1.53. The van der Waals surface area contributed by atoms with Crippen molar-refractivity contribution in [2.24, 2.45) is 11.5 Å². The number of nitrogens with zero attached hydrogens (tertiary/aromatic N) is 1. The molecule has 0 bridgehead atoms. The van der Waals surface area contributed by atoms with Gasteiger partial charge in [-0.2, -0.15) is 0 Å². The third kappa shape index (κ3) is 2.51. The van der Waals surface area contributed by atoms with Crippen molar-refractivity contribution in [3.8, 4) is 0 Å². The molecule has 6 nitrogen and oxygen atoms in total. The number of carbonyl (C=O) groups is 2. The summed E-state index contributed by atoms with van der Waals surface area (Å²) in [5.41, 5.74) is 8.89. The van der Waals surface area contributed by atoms with Crippen LogP contribution in [0.5, 0.6) is 0 Å². The summed E-state index contributed by atoms with van der Waals surface area (Å²) in [4.78, 5) is 24.1. The number of β-amino-alcohol motifs (C(OH)–C–C–N with tert-alkyl or cyclic N) is 1. The van der Waals surface area contributed by atoms with Gasteiger partial charge < -0.3 is 16.6 Å². The molecule has 0 aromatic heterocycles. The van der Waals surface area contributed by atoms with Crippen LogP contribution in [0.1, 0.15) is 26.2 Å². The Labute approximate surface area is 94.6 Å². The first kappa shape index (κ1) is 12.9. The number of piperidine rings is 1. The van der Waals surface area contributed by atoms with E-state index in [-0.39, 0.29) is 6.54 Å². The molecule has 16 heavy (non-hydrogen) atoms. The molecule has 0 aromatic carbocycles. The zero-order valence-corrected chi connectivity index (χ0v) is 9.48. The summed E-state index contributed by atoms with van der Waals surface area (Å²) in [6.45, 7) is 2.58. The Bertz CT molecular complexity index is 295. The summed E-state index contributed by atoms with van der Waals surface area (Å²) in [5.74, 6) is -1.17. The summed E-state index contributed by atoms with van der Waals surface area (Å²) in [7, 11) is 0. The van der Waals surface area contributed by atoms with E-state index in [1.54, 1.807) is 4.90 Å². The van der Waals surface area contributed by atoms with Gasteiger partial charge in [0.15, 0.2) is 5.60 Å². The lowest BCUT2D eigenvalue weighted by Crippen LogP contribution is -2.59. The molecule has 1 rings (SSSR count). The Morgan fingerprint density at radius 3 is 2.56 bits per heavy atom. The number of aliphatic hydroxyl groups is 1. The molecule has 0 aliphatic carbocycles. The normalized spacial score (nSPS) is 28.6. The second-order valence-electron chi connectivity index (χ2n) is 4.30. The van der Waals surface area contributed by atoms with Crippen LogP contribution in [0.2, 0.25) is 0 Å². The van der Waals surface area contributed by atoms with Gasteiger partial charge in [0.2, 0.25) is 5.91 Å². The molecule has 5 N–H and O–H groups in total. The number of likely N-dealkylation sites (tertiary alicyclic amines) is 1. The highest BCUT2D eigenvalue weighted by atomic mass is 16.3. The summed E-state index contributed by atoms with van der Waals surface area (Å²) in [5, 5.41) is 9.98. The Balaban J connectivity index is 2.77. The van der Waals surface area contributed by atoms with Crippen LogP contribution in [0.4, 0.5) is 0 Å². The Morgan fingerprint density at radius 2 is 2.12 bits per heavy atom. The molecule has 2 atom stereocenters. The third-order valence-corrected chi connectivity index (χ3v) is 3.11. The number of amides is 2. The van der Waals surface area contributed by atoms with Gasteiger partial charge >= 0.3 is 0 Å². The zero-order chi connectivity index (χ0) is 12.3. The third-order valence-electron chi connectivity index (χ3n) is 3.11. The van der Waals surface area contributed by atoms with E-state index in [9.17, 15) is 14.7 Å². The number of rotatable bonds is 4. The van der Waals surface area contributed by atoms with Gasteiger partial charge in [-0.05, 0) is 25.8 Å². The summed E-state index contributed by atoms with van der Waals surface area (Å²) in [6.07, 6.45) is 1.53. The zero-order valence-electron chi connectivity index (χ0n) is 9.48. The minimum Gasteiger partial charge on any atom is -0.379 e. The predicted octanol–water partition coefficient (Wildman–Crippen LogP) is -1.44. The van der Waals surface area contributed by atoms with Crippen LogP contribution >= 0.6 is 0 Å². The molecule has 92 valence electrons. The van der Waals surface area contributed by atoms with Crippen molar-refractivity contribution in [2.45, 2.75) is 37.8 Å². The fourth-order valence-electron chi connectivity index (χ4n) is 2.18. The van der Waals surface area contributed by atoms with E-state index in [1.165, 1.54) is 0 Å². The number of hydrogen-bond donors (Lipinski definition) is 3. The number of carbonyl (C=O) groups excluding carboxylic acids is 2. The number of nitrogens with two attached hydrogens (primary N) is 2. The van der Waals surface area contributed by atoms with E-state index in [2.05, 4.69) is 0 Å². The van der Waals surface area contributed by atoms with Gasteiger partial charge in [-0.15, -0.1) is 0 Å². The lowest BCUT2D eigenvalue weighted by molar-refractivity contribution is -0.145. The molecule has 0 aromatic rings. The summed E-state index contributed by atoms with van der Waals surface area (Å²) in [6, 6.07) is -0.439. The maximum Gasteiger partial charge on any atom is 0.250 e. The van der Waals surface area contributed by atoms with Gasteiger partial charge in [-0.1, -0.05) is 6.92 Å². The van der Waals surface area contributed by atoms with E-state index in [4.69, 9.17) is 11.5 Å². The van der Waals surface area contributed by atoms with Gasteiger partial charge in [0, 0.05) is 6.54 Å². The molecule has 0 saturated carbocycles. The van der Waals surface area contributed by atoms with Gasteiger partial charge in [-0.3, -0.25) is 14.5 Å². The SMILES string of the molecule is CCC(C(N)=O)N1CCCC(O)(C(N)=O)C1. The second-order valence-corrected chi connectivity index (χ2v) is 4.30. The lowest BCUT2D eigenvalue weighted by atomic mass is 9.91. The molecular weight excluding hydrogens is 210 g/mol.